The molecule has 1 amide bonds. The van der Waals surface area contributed by atoms with Gasteiger partial charge in [0.05, 0.1) is 6.42 Å². The molecule has 0 radical (unpaired) electrons. The molecule has 104 valence electrons. The summed E-state index contributed by atoms with van der Waals surface area (Å²) in [5, 5.41) is 8.72. The second-order valence-corrected chi connectivity index (χ2v) is 4.82. The molecule has 0 fully saturated rings. The van der Waals surface area contributed by atoms with Crippen LogP contribution in [0.15, 0.2) is 12.1 Å². The molecule has 0 saturated carbocycles. The largest absolute Gasteiger partial charge is 0.480 e. The summed E-state index contributed by atoms with van der Waals surface area (Å²) in [6.07, 6.45) is -0.210. The molecule has 0 heterocycles. The van der Waals surface area contributed by atoms with Gasteiger partial charge in [0.25, 0.3) is 0 Å². The van der Waals surface area contributed by atoms with Crippen LogP contribution in [0, 0.1) is 20.8 Å². The van der Waals surface area contributed by atoms with Gasteiger partial charge in [-0.3, -0.25) is 9.59 Å². The molecule has 0 saturated heterocycles. The van der Waals surface area contributed by atoms with Crippen LogP contribution in [0.1, 0.15) is 23.1 Å². The van der Waals surface area contributed by atoms with Crippen LogP contribution in [0.2, 0.25) is 0 Å². The van der Waals surface area contributed by atoms with E-state index in [1.165, 1.54) is 4.90 Å². The van der Waals surface area contributed by atoms with Crippen molar-refractivity contribution in [3.8, 4) is 0 Å². The lowest BCUT2D eigenvalue weighted by atomic mass is 10.0. The first-order valence-electron chi connectivity index (χ1n) is 6.06. The van der Waals surface area contributed by atoms with Gasteiger partial charge in [0.15, 0.2) is 0 Å². The zero-order chi connectivity index (χ0) is 14.7. The quantitative estimate of drug-likeness (QED) is 0.860. The van der Waals surface area contributed by atoms with Crippen molar-refractivity contribution in [2.45, 2.75) is 33.2 Å². The Morgan fingerprint density at radius 1 is 1.21 bits per heavy atom. The van der Waals surface area contributed by atoms with Gasteiger partial charge in [-0.05, 0) is 43.5 Å². The first-order valence-corrected chi connectivity index (χ1v) is 6.06. The molecule has 0 aliphatic heterocycles. The number of aryl methyl sites for hydroxylation is 3. The number of nitrogens with zero attached hydrogens (tertiary/aromatic N) is 1. The lowest BCUT2D eigenvalue weighted by molar-refractivity contribution is -0.140. The molecule has 0 aliphatic rings. The van der Waals surface area contributed by atoms with Gasteiger partial charge in [-0.25, -0.2) is 0 Å². The highest BCUT2D eigenvalue weighted by Crippen LogP contribution is 2.23. The molecule has 1 aromatic rings. The van der Waals surface area contributed by atoms with E-state index in [1.807, 2.05) is 32.9 Å². The van der Waals surface area contributed by atoms with Crippen LogP contribution in [0.3, 0.4) is 0 Å². The topological polar surface area (TPSA) is 83.6 Å². The van der Waals surface area contributed by atoms with E-state index < -0.39 is 12.0 Å². The number of carboxylic acids is 1. The number of hydrogen-bond donors (Lipinski definition) is 2. The SMILES string of the molecule is Cc1cc(C)c(N(C)C(=O)CC(N)C(=O)O)cc1C. The smallest absolute Gasteiger partial charge is 0.321 e. The van der Waals surface area contributed by atoms with Crippen molar-refractivity contribution in [1.29, 1.82) is 0 Å². The van der Waals surface area contributed by atoms with Crippen molar-refractivity contribution in [3.05, 3.63) is 28.8 Å². The highest BCUT2D eigenvalue weighted by atomic mass is 16.4. The molecule has 1 aromatic carbocycles. The number of benzene rings is 1. The molecule has 5 nitrogen and oxygen atoms in total. The molecule has 0 aromatic heterocycles. The number of aliphatic carboxylic acids is 1. The maximum Gasteiger partial charge on any atom is 0.321 e. The lowest BCUT2D eigenvalue weighted by Gasteiger charge is -2.21. The molecule has 0 spiro atoms. The predicted molar refractivity (Wildman–Crippen MR) is 74.3 cm³/mol. The van der Waals surface area contributed by atoms with Gasteiger partial charge in [0.1, 0.15) is 6.04 Å². The van der Waals surface area contributed by atoms with Gasteiger partial charge in [0.2, 0.25) is 5.91 Å². The number of rotatable bonds is 4. The van der Waals surface area contributed by atoms with Crippen LogP contribution in [0.25, 0.3) is 0 Å². The van der Waals surface area contributed by atoms with Gasteiger partial charge < -0.3 is 15.7 Å². The highest BCUT2D eigenvalue weighted by Gasteiger charge is 2.20. The van der Waals surface area contributed by atoms with Gasteiger partial charge >= 0.3 is 5.97 Å². The third-order valence-corrected chi connectivity index (χ3v) is 3.26. The van der Waals surface area contributed by atoms with Crippen molar-refractivity contribution in [2.75, 3.05) is 11.9 Å². The third-order valence-electron chi connectivity index (χ3n) is 3.26. The Labute approximate surface area is 113 Å². The molecule has 0 bridgehead atoms. The summed E-state index contributed by atoms with van der Waals surface area (Å²) < 4.78 is 0. The summed E-state index contributed by atoms with van der Waals surface area (Å²) >= 11 is 0. The molecule has 19 heavy (non-hydrogen) atoms. The maximum absolute atomic E-state index is 12.0. The average molecular weight is 264 g/mol. The highest BCUT2D eigenvalue weighted by molar-refractivity contribution is 5.96. The van der Waals surface area contributed by atoms with Crippen molar-refractivity contribution in [3.63, 3.8) is 0 Å². The normalized spacial score (nSPS) is 12.1. The predicted octanol–water partition coefficient (Wildman–Crippen LogP) is 1.38. The summed E-state index contributed by atoms with van der Waals surface area (Å²) in [6.45, 7) is 5.90. The van der Waals surface area contributed by atoms with Gasteiger partial charge in [-0.15, -0.1) is 0 Å². The number of amides is 1. The zero-order valence-electron chi connectivity index (χ0n) is 11.7. The van der Waals surface area contributed by atoms with Gasteiger partial charge in [0, 0.05) is 12.7 Å². The first kappa shape index (κ1) is 15.2. The Morgan fingerprint density at radius 2 is 1.74 bits per heavy atom. The molecule has 1 atom stereocenters. The molecule has 5 heteroatoms. The lowest BCUT2D eigenvalue weighted by Crippen LogP contribution is -2.38. The van der Waals surface area contributed by atoms with Crippen molar-refractivity contribution in [2.24, 2.45) is 5.73 Å². The van der Waals surface area contributed by atoms with Crippen LogP contribution < -0.4 is 10.6 Å². The molecular weight excluding hydrogens is 244 g/mol. The van der Waals surface area contributed by atoms with E-state index >= 15 is 0 Å². The van der Waals surface area contributed by atoms with E-state index in [2.05, 4.69) is 0 Å². The van der Waals surface area contributed by atoms with E-state index in [0.29, 0.717) is 0 Å². The Morgan fingerprint density at radius 3 is 2.26 bits per heavy atom. The van der Waals surface area contributed by atoms with Crippen LogP contribution in [0.5, 0.6) is 0 Å². The van der Waals surface area contributed by atoms with Crippen molar-refractivity contribution < 1.29 is 14.7 Å². The minimum atomic E-state index is -1.17. The van der Waals surface area contributed by atoms with E-state index in [0.717, 1.165) is 22.4 Å². The summed E-state index contributed by atoms with van der Waals surface area (Å²) in [6, 6.07) is 2.77. The number of carbonyl (C=O) groups is 2. The fourth-order valence-corrected chi connectivity index (χ4v) is 1.85. The number of anilines is 1. The summed E-state index contributed by atoms with van der Waals surface area (Å²) in [4.78, 5) is 24.1. The minimum absolute atomic E-state index is 0.210. The average Bonchev–Trinajstić information content (AvgIpc) is 2.32. The van der Waals surface area contributed by atoms with E-state index in [1.54, 1.807) is 7.05 Å². The standard InChI is InChI=1S/C14H20N2O3/c1-8-5-10(3)12(6-9(8)2)16(4)13(17)7-11(15)14(18)19/h5-6,11H,7,15H2,1-4H3,(H,18,19). The monoisotopic (exact) mass is 264 g/mol. The van der Waals surface area contributed by atoms with Gasteiger partial charge in [-0.2, -0.15) is 0 Å². The zero-order valence-corrected chi connectivity index (χ0v) is 11.7. The molecule has 1 rings (SSSR count). The van der Waals surface area contributed by atoms with Crippen LogP contribution in [0.4, 0.5) is 5.69 Å². The Bertz CT molecular complexity index is 512. The first-order chi connectivity index (χ1) is 8.73. The van der Waals surface area contributed by atoms with Crippen LogP contribution >= 0.6 is 0 Å². The minimum Gasteiger partial charge on any atom is -0.480 e. The Kier molecular flexibility index (Phi) is 4.67. The molecule has 0 aliphatic carbocycles. The van der Waals surface area contributed by atoms with E-state index in [9.17, 15) is 9.59 Å². The summed E-state index contributed by atoms with van der Waals surface area (Å²) in [5.74, 6) is -1.47. The summed E-state index contributed by atoms with van der Waals surface area (Å²) in [7, 11) is 1.63. The third kappa shape index (κ3) is 3.54. The fourth-order valence-electron chi connectivity index (χ4n) is 1.85. The molecule has 1 unspecified atom stereocenters. The number of hydrogen-bond acceptors (Lipinski definition) is 3. The fraction of sp³-hybridized carbons (Fsp3) is 0.429. The Balaban J connectivity index is 2.94. The van der Waals surface area contributed by atoms with E-state index in [-0.39, 0.29) is 12.3 Å². The number of carbonyl (C=O) groups excluding carboxylic acids is 1. The van der Waals surface area contributed by atoms with Crippen molar-refractivity contribution in [1.82, 2.24) is 0 Å². The Hall–Kier alpha value is -1.88. The molecule has 3 N–H and O–H groups in total. The summed E-state index contributed by atoms with van der Waals surface area (Å²) in [5.41, 5.74) is 9.38. The second kappa shape index (κ2) is 5.84. The van der Waals surface area contributed by atoms with Gasteiger partial charge in [-0.1, -0.05) is 6.07 Å². The second-order valence-electron chi connectivity index (χ2n) is 4.82. The van der Waals surface area contributed by atoms with Crippen molar-refractivity contribution >= 4 is 17.6 Å². The van der Waals surface area contributed by atoms with Crippen LogP contribution in [-0.2, 0) is 9.59 Å². The number of nitrogens with two attached hydrogens (primary N) is 1. The molecular formula is C14H20N2O3. The van der Waals surface area contributed by atoms with Crippen LogP contribution in [-0.4, -0.2) is 30.1 Å². The van der Waals surface area contributed by atoms with E-state index in [4.69, 9.17) is 10.8 Å². The number of carboxylic acid groups (broad SMARTS) is 1. The maximum atomic E-state index is 12.0.